The largest absolute Gasteiger partial charge is 0.462 e. The maximum atomic E-state index is 13.2. The van der Waals surface area contributed by atoms with Gasteiger partial charge in [0.1, 0.15) is 16.6 Å². The predicted octanol–water partition coefficient (Wildman–Crippen LogP) is 4.36. The maximum Gasteiger partial charge on any atom is 0.348 e. The van der Waals surface area contributed by atoms with E-state index in [2.05, 4.69) is 10.3 Å². The van der Waals surface area contributed by atoms with E-state index in [0.29, 0.717) is 33.9 Å². The molecule has 2 heterocycles. The molecule has 0 aliphatic carbocycles. The van der Waals surface area contributed by atoms with Gasteiger partial charge < -0.3 is 10.1 Å². The summed E-state index contributed by atoms with van der Waals surface area (Å²) in [6, 6.07) is 10.5. The summed E-state index contributed by atoms with van der Waals surface area (Å²) in [5.74, 6) is -0.887. The van der Waals surface area contributed by atoms with Gasteiger partial charge in [0.15, 0.2) is 0 Å². The van der Waals surface area contributed by atoms with Crippen molar-refractivity contribution in [3.05, 3.63) is 69.2 Å². The van der Waals surface area contributed by atoms with Crippen LogP contribution in [0.3, 0.4) is 0 Å². The van der Waals surface area contributed by atoms with Crippen molar-refractivity contribution < 1.29 is 14.3 Å². The van der Waals surface area contributed by atoms with Crippen LogP contribution in [0.4, 0.5) is 5.00 Å². The highest BCUT2D eigenvalue weighted by atomic mass is 32.1. The Morgan fingerprint density at radius 1 is 1.19 bits per heavy atom. The Morgan fingerprint density at radius 2 is 1.90 bits per heavy atom. The highest BCUT2D eigenvalue weighted by Crippen LogP contribution is 2.36. The number of anilines is 1. The number of nitrogens with one attached hydrogen (secondary N) is 1. The van der Waals surface area contributed by atoms with Crippen LogP contribution in [0.5, 0.6) is 0 Å². The van der Waals surface area contributed by atoms with Crippen LogP contribution in [0.1, 0.15) is 48.1 Å². The third-order valence-electron chi connectivity index (χ3n) is 4.87. The number of aromatic nitrogens is 2. The number of nitrogens with zero attached hydrogens (tertiary/aromatic N) is 2. The number of benzene rings is 1. The van der Waals surface area contributed by atoms with Crippen LogP contribution in [0.2, 0.25) is 0 Å². The topological polar surface area (TPSA) is 90.3 Å². The zero-order valence-corrected chi connectivity index (χ0v) is 18.8. The minimum atomic E-state index is -0.752. The van der Waals surface area contributed by atoms with Crippen LogP contribution >= 0.6 is 11.3 Å². The summed E-state index contributed by atoms with van der Waals surface area (Å²) in [6.07, 6.45) is 0.392. The molecule has 0 spiro atoms. The minimum Gasteiger partial charge on any atom is -0.462 e. The van der Waals surface area contributed by atoms with E-state index >= 15 is 0 Å². The molecule has 1 N–H and O–H groups in total. The van der Waals surface area contributed by atoms with Crippen molar-refractivity contribution in [2.24, 2.45) is 0 Å². The third-order valence-corrected chi connectivity index (χ3v) is 5.76. The molecule has 31 heavy (non-hydrogen) atoms. The van der Waals surface area contributed by atoms with Crippen molar-refractivity contribution in [1.29, 1.82) is 0 Å². The molecule has 0 fully saturated rings. The molecule has 0 radical (unpaired) electrons. The van der Waals surface area contributed by atoms with Crippen molar-refractivity contribution in [1.82, 2.24) is 9.55 Å². The lowest BCUT2D eigenvalue weighted by Crippen LogP contribution is -2.36. The van der Waals surface area contributed by atoms with E-state index in [4.69, 9.17) is 4.74 Å². The Balaban J connectivity index is 2.00. The second kappa shape index (κ2) is 9.70. The molecule has 0 aliphatic rings. The Kier molecular flexibility index (Phi) is 7.02. The van der Waals surface area contributed by atoms with Crippen molar-refractivity contribution in [2.75, 3.05) is 11.9 Å². The van der Waals surface area contributed by atoms with Gasteiger partial charge in [-0.05, 0) is 38.8 Å². The standard InChI is InChI=1S/C23H25N3O4S/c1-5-18(26-15(4)12-14(3)24-23(26)29)20(27)25-21-19(22(28)30-6-2)17(13-31-21)16-10-8-7-9-11-16/h7-13,18H,5-6H2,1-4H3,(H,25,27). The van der Waals surface area contributed by atoms with E-state index in [0.717, 1.165) is 5.56 Å². The van der Waals surface area contributed by atoms with E-state index in [9.17, 15) is 14.4 Å². The molecule has 3 aromatic rings. The van der Waals surface area contributed by atoms with Crippen LogP contribution in [0.25, 0.3) is 11.1 Å². The zero-order chi connectivity index (χ0) is 22.5. The Hall–Kier alpha value is -3.26. The average Bonchev–Trinajstić information content (AvgIpc) is 3.14. The molecule has 0 aliphatic heterocycles. The zero-order valence-electron chi connectivity index (χ0n) is 18.0. The van der Waals surface area contributed by atoms with Crippen molar-refractivity contribution in [3.8, 4) is 11.1 Å². The quantitative estimate of drug-likeness (QED) is 0.553. The number of hydrogen-bond donors (Lipinski definition) is 1. The predicted molar refractivity (Wildman–Crippen MR) is 122 cm³/mol. The molecule has 162 valence electrons. The highest BCUT2D eigenvalue weighted by Gasteiger charge is 2.27. The van der Waals surface area contributed by atoms with Gasteiger partial charge in [-0.2, -0.15) is 4.98 Å². The van der Waals surface area contributed by atoms with Gasteiger partial charge in [-0.3, -0.25) is 9.36 Å². The number of thiophene rings is 1. The highest BCUT2D eigenvalue weighted by molar-refractivity contribution is 7.15. The van der Waals surface area contributed by atoms with Gasteiger partial charge >= 0.3 is 11.7 Å². The summed E-state index contributed by atoms with van der Waals surface area (Å²) in [5.41, 5.74) is 2.64. The van der Waals surface area contributed by atoms with Crippen LogP contribution in [-0.2, 0) is 9.53 Å². The summed E-state index contributed by atoms with van der Waals surface area (Å²) in [6.45, 7) is 7.29. The van der Waals surface area contributed by atoms with Crippen molar-refractivity contribution >= 4 is 28.2 Å². The Morgan fingerprint density at radius 3 is 2.52 bits per heavy atom. The molecule has 0 bridgehead atoms. The monoisotopic (exact) mass is 439 g/mol. The molecule has 1 unspecified atom stereocenters. The number of carbonyl (C=O) groups is 2. The fraction of sp³-hybridized carbons (Fsp3) is 0.304. The van der Waals surface area contributed by atoms with Gasteiger partial charge in [0, 0.05) is 22.3 Å². The summed E-state index contributed by atoms with van der Waals surface area (Å²) < 4.78 is 6.63. The average molecular weight is 440 g/mol. The SMILES string of the molecule is CCOC(=O)c1c(-c2ccccc2)csc1NC(=O)C(CC)n1c(C)cc(C)nc1=O. The second-order valence-corrected chi connectivity index (χ2v) is 7.92. The number of esters is 1. The number of hydrogen-bond acceptors (Lipinski definition) is 6. The number of amides is 1. The molecule has 2 aromatic heterocycles. The lowest BCUT2D eigenvalue weighted by atomic mass is 10.0. The normalized spacial score (nSPS) is 11.7. The molecule has 7 nitrogen and oxygen atoms in total. The van der Waals surface area contributed by atoms with Gasteiger partial charge in [0.05, 0.1) is 6.61 Å². The first kappa shape index (κ1) is 22.4. The van der Waals surface area contributed by atoms with E-state index in [-0.39, 0.29) is 12.5 Å². The van der Waals surface area contributed by atoms with Gasteiger partial charge in [-0.25, -0.2) is 9.59 Å². The van der Waals surface area contributed by atoms with E-state index in [1.807, 2.05) is 42.6 Å². The number of ether oxygens (including phenoxy) is 1. The molecule has 8 heteroatoms. The van der Waals surface area contributed by atoms with Crippen molar-refractivity contribution in [3.63, 3.8) is 0 Å². The van der Waals surface area contributed by atoms with E-state index < -0.39 is 17.7 Å². The van der Waals surface area contributed by atoms with Crippen molar-refractivity contribution in [2.45, 2.75) is 40.2 Å². The first-order valence-corrected chi connectivity index (χ1v) is 11.0. The van der Waals surface area contributed by atoms with Gasteiger partial charge in [-0.15, -0.1) is 11.3 Å². The molecule has 1 atom stereocenters. The summed E-state index contributed by atoms with van der Waals surface area (Å²) in [7, 11) is 0. The Labute approximate surface area is 184 Å². The van der Waals surface area contributed by atoms with Crippen LogP contribution in [-0.4, -0.2) is 28.0 Å². The molecule has 1 aromatic carbocycles. The molecule has 3 rings (SSSR count). The summed E-state index contributed by atoms with van der Waals surface area (Å²) in [5, 5.41) is 5.07. The minimum absolute atomic E-state index is 0.220. The fourth-order valence-electron chi connectivity index (χ4n) is 3.51. The lowest BCUT2D eigenvalue weighted by molar-refractivity contribution is -0.119. The summed E-state index contributed by atoms with van der Waals surface area (Å²) >= 11 is 1.25. The van der Waals surface area contributed by atoms with Crippen LogP contribution < -0.4 is 11.0 Å². The maximum absolute atomic E-state index is 13.2. The van der Waals surface area contributed by atoms with E-state index in [1.165, 1.54) is 15.9 Å². The number of rotatable bonds is 7. The molecule has 0 saturated carbocycles. The summed E-state index contributed by atoms with van der Waals surface area (Å²) in [4.78, 5) is 42.3. The third kappa shape index (κ3) is 4.74. The van der Waals surface area contributed by atoms with Gasteiger partial charge in [0.2, 0.25) is 5.91 Å². The van der Waals surface area contributed by atoms with Crippen LogP contribution in [0, 0.1) is 13.8 Å². The number of aryl methyl sites for hydroxylation is 2. The van der Waals surface area contributed by atoms with Gasteiger partial charge in [-0.1, -0.05) is 37.3 Å². The first-order valence-electron chi connectivity index (χ1n) is 10.1. The van der Waals surface area contributed by atoms with Gasteiger partial charge in [0.25, 0.3) is 0 Å². The van der Waals surface area contributed by atoms with Crippen LogP contribution in [0.15, 0.2) is 46.6 Å². The Bertz CT molecular complexity index is 1150. The molecule has 1 amide bonds. The van der Waals surface area contributed by atoms with E-state index in [1.54, 1.807) is 26.8 Å². The lowest BCUT2D eigenvalue weighted by Gasteiger charge is -2.20. The molecular formula is C23H25N3O4S. The fourth-order valence-corrected chi connectivity index (χ4v) is 4.47. The first-order chi connectivity index (χ1) is 14.9. The molecular weight excluding hydrogens is 414 g/mol. The molecule has 0 saturated heterocycles. The second-order valence-electron chi connectivity index (χ2n) is 7.04. The number of carbonyl (C=O) groups excluding carboxylic acids is 2. The smallest absolute Gasteiger partial charge is 0.348 e.